The second-order valence-electron chi connectivity index (χ2n) is 3.84. The minimum absolute atomic E-state index is 0.172. The predicted molar refractivity (Wildman–Crippen MR) is 43.1 cm³/mol. The Hall–Kier alpha value is 0.270. The van der Waals surface area contributed by atoms with Crippen LogP contribution in [-0.4, -0.2) is 21.2 Å². The maximum absolute atomic E-state index is 11.4. The molecular formula is C7H14NOS. The molecule has 59 valence electrons. The minimum atomic E-state index is -0.219. The van der Waals surface area contributed by atoms with Gasteiger partial charge in [0.1, 0.15) is 0 Å². The lowest BCUT2D eigenvalue weighted by Crippen LogP contribution is -2.44. The van der Waals surface area contributed by atoms with Crippen LogP contribution >= 0.6 is 11.8 Å². The van der Waals surface area contributed by atoms with Gasteiger partial charge in [0, 0.05) is 5.75 Å². The van der Waals surface area contributed by atoms with Gasteiger partial charge in [-0.25, -0.2) is 0 Å². The van der Waals surface area contributed by atoms with Crippen LogP contribution in [0.4, 0.5) is 0 Å². The van der Waals surface area contributed by atoms with Gasteiger partial charge in [0.2, 0.25) is 0 Å². The summed E-state index contributed by atoms with van der Waals surface area (Å²) in [7, 11) is 0. The van der Waals surface area contributed by atoms with Crippen LogP contribution in [0.15, 0.2) is 0 Å². The first-order valence-corrected chi connectivity index (χ1v) is 4.46. The normalized spacial score (nSPS) is 30.9. The third-order valence-corrected chi connectivity index (χ3v) is 3.54. The predicted octanol–water partition coefficient (Wildman–Crippen LogP) is 1.90. The maximum atomic E-state index is 11.4. The van der Waals surface area contributed by atoms with Crippen molar-refractivity contribution in [3.63, 3.8) is 0 Å². The van der Waals surface area contributed by atoms with Gasteiger partial charge >= 0.3 is 0 Å². The monoisotopic (exact) mass is 160 g/mol. The van der Waals surface area contributed by atoms with Gasteiger partial charge in [0.05, 0.1) is 10.4 Å². The third-order valence-electron chi connectivity index (χ3n) is 1.82. The van der Waals surface area contributed by atoms with E-state index in [9.17, 15) is 5.21 Å². The summed E-state index contributed by atoms with van der Waals surface area (Å²) in [6.07, 6.45) is 0. The zero-order valence-corrected chi connectivity index (χ0v) is 7.79. The lowest BCUT2D eigenvalue weighted by Gasteiger charge is -2.30. The fourth-order valence-corrected chi connectivity index (χ4v) is 2.39. The molecule has 1 saturated heterocycles. The van der Waals surface area contributed by atoms with Crippen molar-refractivity contribution in [2.75, 3.05) is 5.75 Å². The summed E-state index contributed by atoms with van der Waals surface area (Å²) in [6, 6.07) is 0. The van der Waals surface area contributed by atoms with Gasteiger partial charge in [0.25, 0.3) is 0 Å². The van der Waals surface area contributed by atoms with Gasteiger partial charge in [-0.15, -0.1) is 22.0 Å². The van der Waals surface area contributed by atoms with E-state index in [1.165, 1.54) is 5.06 Å². The van der Waals surface area contributed by atoms with Gasteiger partial charge in [-0.1, -0.05) is 0 Å². The van der Waals surface area contributed by atoms with Gasteiger partial charge in [-0.3, -0.25) is 0 Å². The van der Waals surface area contributed by atoms with Crippen LogP contribution in [-0.2, 0) is 5.21 Å². The van der Waals surface area contributed by atoms with E-state index >= 15 is 0 Å². The van der Waals surface area contributed by atoms with E-state index in [0.29, 0.717) is 0 Å². The molecule has 1 heterocycles. The zero-order chi connectivity index (χ0) is 7.99. The summed E-state index contributed by atoms with van der Waals surface area (Å²) in [6.45, 7) is 7.92. The lowest BCUT2D eigenvalue weighted by atomic mass is 10.1. The largest absolute Gasteiger partial charge is 0.136 e. The molecule has 0 atom stereocenters. The van der Waals surface area contributed by atoms with E-state index in [2.05, 4.69) is 0 Å². The molecule has 0 aromatic rings. The number of rotatable bonds is 0. The SMILES string of the molecule is CC1(C)CSC(C)(C)N1[O]. The van der Waals surface area contributed by atoms with Crippen LogP contribution in [0.25, 0.3) is 0 Å². The Morgan fingerprint density at radius 2 is 1.80 bits per heavy atom. The van der Waals surface area contributed by atoms with E-state index in [-0.39, 0.29) is 10.4 Å². The van der Waals surface area contributed by atoms with Crippen LogP contribution in [0, 0.1) is 0 Å². The molecular weight excluding hydrogens is 146 g/mol. The van der Waals surface area contributed by atoms with Gasteiger partial charge in [-0.2, -0.15) is 0 Å². The molecule has 10 heavy (non-hydrogen) atoms. The van der Waals surface area contributed by atoms with E-state index < -0.39 is 0 Å². The molecule has 1 fully saturated rings. The van der Waals surface area contributed by atoms with Crippen LogP contribution in [0.3, 0.4) is 0 Å². The Morgan fingerprint density at radius 3 is 1.90 bits per heavy atom. The molecule has 1 aliphatic rings. The Kier molecular flexibility index (Phi) is 1.78. The number of thioether (sulfide) groups is 1. The van der Waals surface area contributed by atoms with Crippen LogP contribution in [0.2, 0.25) is 0 Å². The van der Waals surface area contributed by atoms with Crippen molar-refractivity contribution in [3.05, 3.63) is 0 Å². The Labute approximate surface area is 66.6 Å². The molecule has 0 aromatic heterocycles. The molecule has 0 bridgehead atoms. The van der Waals surface area contributed by atoms with Gasteiger partial charge in [-0.05, 0) is 27.7 Å². The second-order valence-corrected chi connectivity index (χ2v) is 5.42. The first kappa shape index (κ1) is 8.37. The molecule has 0 aliphatic carbocycles. The minimum Gasteiger partial charge on any atom is -0.136 e. The molecule has 0 unspecified atom stereocenters. The van der Waals surface area contributed by atoms with Crippen molar-refractivity contribution in [3.8, 4) is 0 Å². The lowest BCUT2D eigenvalue weighted by molar-refractivity contribution is -0.232. The van der Waals surface area contributed by atoms with Crippen molar-refractivity contribution in [1.29, 1.82) is 0 Å². The Balaban J connectivity index is 2.77. The van der Waals surface area contributed by atoms with Crippen molar-refractivity contribution in [2.24, 2.45) is 0 Å². The topological polar surface area (TPSA) is 23.1 Å². The molecule has 3 heteroatoms. The van der Waals surface area contributed by atoms with Crippen molar-refractivity contribution < 1.29 is 5.21 Å². The molecule has 0 spiro atoms. The number of hydroxylamine groups is 2. The van der Waals surface area contributed by atoms with Gasteiger partial charge < -0.3 is 0 Å². The van der Waals surface area contributed by atoms with E-state index in [1.54, 1.807) is 11.8 Å². The number of hydrogen-bond acceptors (Lipinski definition) is 2. The fraction of sp³-hybridized carbons (Fsp3) is 1.00. The van der Waals surface area contributed by atoms with Gasteiger partial charge in [0.15, 0.2) is 0 Å². The maximum Gasteiger partial charge on any atom is 0.0894 e. The highest BCUT2D eigenvalue weighted by Crippen LogP contribution is 2.42. The summed E-state index contributed by atoms with van der Waals surface area (Å²) in [5.74, 6) is 0.934. The highest BCUT2D eigenvalue weighted by Gasteiger charge is 2.46. The summed E-state index contributed by atoms with van der Waals surface area (Å²) in [5.41, 5.74) is -0.172. The molecule has 0 amide bonds. The smallest absolute Gasteiger partial charge is 0.0894 e. The van der Waals surface area contributed by atoms with Crippen LogP contribution in [0.1, 0.15) is 27.7 Å². The Morgan fingerprint density at radius 1 is 1.30 bits per heavy atom. The number of hydrogen-bond donors (Lipinski definition) is 0. The quantitative estimate of drug-likeness (QED) is 0.540. The molecule has 1 aliphatic heterocycles. The summed E-state index contributed by atoms with van der Waals surface area (Å²) in [5, 5.41) is 12.6. The van der Waals surface area contributed by atoms with E-state index in [1.807, 2.05) is 27.7 Å². The first-order valence-electron chi connectivity index (χ1n) is 3.48. The molecule has 0 aromatic carbocycles. The molecule has 0 saturated carbocycles. The summed E-state index contributed by atoms with van der Waals surface area (Å²) in [4.78, 5) is -0.219. The first-order chi connectivity index (χ1) is 4.36. The van der Waals surface area contributed by atoms with Crippen LogP contribution in [0.5, 0.6) is 0 Å². The fourth-order valence-electron chi connectivity index (χ4n) is 1.20. The molecule has 1 radical (unpaired) electrons. The van der Waals surface area contributed by atoms with E-state index in [0.717, 1.165) is 5.75 Å². The molecule has 0 N–H and O–H groups in total. The summed E-state index contributed by atoms with van der Waals surface area (Å²) >= 11 is 1.73. The highest BCUT2D eigenvalue weighted by atomic mass is 32.2. The van der Waals surface area contributed by atoms with Crippen molar-refractivity contribution >= 4 is 11.8 Å². The Bertz CT molecular complexity index is 129. The van der Waals surface area contributed by atoms with Crippen molar-refractivity contribution in [1.82, 2.24) is 5.06 Å². The standard InChI is InChI=1S/C7H14NOS/c1-6(2)5-10-7(3,4)8(6)9/h5H2,1-4H3. The number of nitrogens with zero attached hydrogens (tertiary/aromatic N) is 1. The van der Waals surface area contributed by atoms with E-state index in [4.69, 9.17) is 0 Å². The molecule has 1 rings (SSSR count). The third kappa shape index (κ3) is 1.18. The average molecular weight is 160 g/mol. The van der Waals surface area contributed by atoms with Crippen LogP contribution < -0.4 is 0 Å². The second kappa shape index (κ2) is 2.13. The summed E-state index contributed by atoms with van der Waals surface area (Å²) < 4.78 is 0. The molecule has 2 nitrogen and oxygen atoms in total. The zero-order valence-electron chi connectivity index (χ0n) is 6.97. The average Bonchev–Trinajstić information content (AvgIpc) is 1.95. The highest BCUT2D eigenvalue weighted by molar-refractivity contribution is 8.00. The van der Waals surface area contributed by atoms with Crippen molar-refractivity contribution in [2.45, 2.75) is 38.1 Å².